The second kappa shape index (κ2) is 8.58. The zero-order valence-corrected chi connectivity index (χ0v) is 20.7. The molecule has 1 N–H and O–H groups in total. The van der Waals surface area contributed by atoms with Crippen LogP contribution in [0.4, 0.5) is 11.4 Å². The van der Waals surface area contributed by atoms with E-state index in [1.807, 2.05) is 24.3 Å². The van der Waals surface area contributed by atoms with E-state index in [9.17, 15) is 14.4 Å². The molecule has 6 atom stereocenters. The number of amides is 3. The van der Waals surface area contributed by atoms with E-state index in [-0.39, 0.29) is 41.4 Å². The second-order valence-electron chi connectivity index (χ2n) is 10.5. The lowest BCUT2D eigenvalue weighted by Crippen LogP contribution is -2.40. The molecule has 7 heteroatoms. The summed E-state index contributed by atoms with van der Waals surface area (Å²) in [6, 6.07) is 21.0. The summed E-state index contributed by atoms with van der Waals surface area (Å²) >= 11 is 0. The first-order chi connectivity index (χ1) is 18.5. The van der Waals surface area contributed by atoms with Crippen molar-refractivity contribution >= 4 is 29.1 Å². The average molecular weight is 507 g/mol. The van der Waals surface area contributed by atoms with Crippen molar-refractivity contribution in [3.05, 3.63) is 90.5 Å². The molecule has 1 aliphatic heterocycles. The molecule has 0 spiro atoms. The van der Waals surface area contributed by atoms with Crippen LogP contribution >= 0.6 is 0 Å². The van der Waals surface area contributed by atoms with Gasteiger partial charge in [0.25, 0.3) is 5.91 Å². The highest BCUT2D eigenvalue weighted by Crippen LogP contribution is 2.65. The van der Waals surface area contributed by atoms with Gasteiger partial charge in [-0.25, -0.2) is 0 Å². The SMILES string of the molecule is COc1ccc(Oc2ccc(NC(=O)c3ccc(N4C(=O)[C@@H]5[C@@H]6C=C[C@H]([C@@H]7C[C@H]67)[C@H]5C4=O)cc3)cc2)cc1. The Morgan fingerprint density at radius 2 is 1.29 bits per heavy atom. The minimum Gasteiger partial charge on any atom is -0.497 e. The normalized spacial score (nSPS) is 28.1. The summed E-state index contributed by atoms with van der Waals surface area (Å²) in [5.74, 6) is 2.63. The summed E-state index contributed by atoms with van der Waals surface area (Å²) in [7, 11) is 1.61. The standard InChI is InChI=1S/C31H26N2O5/c1-37-20-10-12-22(13-11-20)38-21-8-4-18(5-9-21)32-29(34)17-2-6-19(7-3-17)33-30(35)27-23-14-15-24(26-16-25(23)26)28(27)31(33)36/h2-15,23-28H,16H2,1H3,(H,32,34)/t23-,24-,25-,26+,27-,28-/m1/s1. The Bertz CT molecular complexity index is 1430. The monoisotopic (exact) mass is 506 g/mol. The number of anilines is 2. The van der Waals surface area contributed by atoms with E-state index >= 15 is 0 Å². The van der Waals surface area contributed by atoms with Gasteiger partial charge < -0.3 is 14.8 Å². The van der Waals surface area contributed by atoms with Crippen molar-refractivity contribution in [2.75, 3.05) is 17.3 Å². The molecule has 3 fully saturated rings. The Hall–Kier alpha value is -4.39. The van der Waals surface area contributed by atoms with E-state index in [2.05, 4.69) is 17.5 Å². The summed E-state index contributed by atoms with van der Waals surface area (Å²) in [5, 5.41) is 2.87. The molecular formula is C31H26N2O5. The molecule has 1 saturated heterocycles. The number of hydrogen-bond donors (Lipinski definition) is 1. The van der Waals surface area contributed by atoms with Gasteiger partial charge in [-0.2, -0.15) is 0 Å². The summed E-state index contributed by atoms with van der Waals surface area (Å²) in [6.07, 6.45) is 5.47. The van der Waals surface area contributed by atoms with Gasteiger partial charge in [0.2, 0.25) is 11.8 Å². The van der Waals surface area contributed by atoms with E-state index in [4.69, 9.17) is 9.47 Å². The highest BCUT2D eigenvalue weighted by atomic mass is 16.5. The van der Waals surface area contributed by atoms with Gasteiger partial charge in [0.15, 0.2) is 0 Å². The largest absolute Gasteiger partial charge is 0.497 e. The highest BCUT2D eigenvalue weighted by Gasteiger charge is 2.67. The molecule has 3 aromatic rings. The van der Waals surface area contributed by atoms with Gasteiger partial charge in [0, 0.05) is 11.3 Å². The number of carbonyl (C=O) groups is 3. The lowest BCUT2D eigenvalue weighted by molar-refractivity contribution is -0.124. The molecular weight excluding hydrogens is 480 g/mol. The number of methoxy groups -OCH3 is 1. The van der Waals surface area contributed by atoms with Crippen molar-refractivity contribution in [2.45, 2.75) is 6.42 Å². The topological polar surface area (TPSA) is 84.9 Å². The third kappa shape index (κ3) is 3.61. The van der Waals surface area contributed by atoms with Gasteiger partial charge in [-0.05, 0) is 103 Å². The minimum absolute atomic E-state index is 0.0983. The van der Waals surface area contributed by atoms with Crippen LogP contribution in [0.5, 0.6) is 17.2 Å². The number of hydrogen-bond acceptors (Lipinski definition) is 5. The summed E-state index contributed by atoms with van der Waals surface area (Å²) in [5.41, 5.74) is 1.59. The van der Waals surface area contributed by atoms with Gasteiger partial charge in [-0.1, -0.05) is 12.2 Å². The Labute approximate surface area is 220 Å². The van der Waals surface area contributed by atoms with Gasteiger partial charge in [0.1, 0.15) is 17.2 Å². The van der Waals surface area contributed by atoms with Crippen LogP contribution in [0.1, 0.15) is 16.8 Å². The zero-order chi connectivity index (χ0) is 26.0. The first-order valence-corrected chi connectivity index (χ1v) is 12.9. The number of rotatable bonds is 6. The van der Waals surface area contributed by atoms with Crippen LogP contribution in [0.2, 0.25) is 0 Å². The predicted octanol–water partition coefficient (Wildman–Crippen LogP) is 5.30. The molecule has 1 heterocycles. The molecule has 5 aliphatic rings. The van der Waals surface area contributed by atoms with Crippen LogP contribution in [-0.2, 0) is 9.59 Å². The molecule has 0 unspecified atom stereocenters. The molecule has 3 amide bonds. The third-order valence-corrected chi connectivity index (χ3v) is 8.46. The number of nitrogens with zero attached hydrogens (tertiary/aromatic N) is 1. The van der Waals surface area contributed by atoms with Gasteiger partial charge in [-0.15, -0.1) is 0 Å². The van der Waals surface area contributed by atoms with Gasteiger partial charge >= 0.3 is 0 Å². The molecule has 38 heavy (non-hydrogen) atoms. The molecule has 4 aliphatic carbocycles. The van der Waals surface area contributed by atoms with Crippen LogP contribution in [-0.4, -0.2) is 24.8 Å². The van der Waals surface area contributed by atoms with E-state index in [0.29, 0.717) is 40.3 Å². The number of carbonyl (C=O) groups excluding carboxylic acids is 3. The number of ether oxygens (including phenoxy) is 2. The quantitative estimate of drug-likeness (QED) is 0.362. The fourth-order valence-corrected chi connectivity index (χ4v) is 6.56. The second-order valence-corrected chi connectivity index (χ2v) is 10.5. The summed E-state index contributed by atoms with van der Waals surface area (Å²) < 4.78 is 11.0. The average Bonchev–Trinajstić information content (AvgIpc) is 3.73. The summed E-state index contributed by atoms with van der Waals surface area (Å²) in [4.78, 5) is 40.8. The molecule has 0 radical (unpaired) electrons. The molecule has 8 rings (SSSR count). The first kappa shape index (κ1) is 22.8. The van der Waals surface area contributed by atoms with Crippen LogP contribution in [0, 0.1) is 35.5 Å². The van der Waals surface area contributed by atoms with Crippen LogP contribution < -0.4 is 19.7 Å². The highest BCUT2D eigenvalue weighted by molar-refractivity contribution is 6.22. The maximum absolute atomic E-state index is 13.3. The van der Waals surface area contributed by atoms with E-state index < -0.39 is 0 Å². The molecule has 7 nitrogen and oxygen atoms in total. The van der Waals surface area contributed by atoms with Crippen molar-refractivity contribution < 1.29 is 23.9 Å². The van der Waals surface area contributed by atoms with Crippen LogP contribution in [0.3, 0.4) is 0 Å². The number of benzene rings is 3. The van der Waals surface area contributed by atoms with E-state index in [0.717, 1.165) is 12.2 Å². The lowest BCUT2D eigenvalue weighted by atomic mass is 9.63. The molecule has 0 aromatic heterocycles. The lowest BCUT2D eigenvalue weighted by Gasteiger charge is -2.37. The predicted molar refractivity (Wildman–Crippen MR) is 141 cm³/mol. The van der Waals surface area contributed by atoms with Crippen LogP contribution in [0.25, 0.3) is 0 Å². The van der Waals surface area contributed by atoms with Crippen LogP contribution in [0.15, 0.2) is 84.9 Å². The molecule has 2 bridgehead atoms. The molecule has 2 saturated carbocycles. The number of allylic oxidation sites excluding steroid dienone is 2. The first-order valence-electron chi connectivity index (χ1n) is 12.9. The van der Waals surface area contributed by atoms with Crippen molar-refractivity contribution in [2.24, 2.45) is 35.5 Å². The van der Waals surface area contributed by atoms with E-state index in [1.165, 1.54) is 4.90 Å². The Morgan fingerprint density at radius 1 is 0.763 bits per heavy atom. The van der Waals surface area contributed by atoms with Crippen molar-refractivity contribution in [3.8, 4) is 17.2 Å². The van der Waals surface area contributed by atoms with Gasteiger partial charge in [-0.3, -0.25) is 19.3 Å². The van der Waals surface area contributed by atoms with Crippen molar-refractivity contribution in [1.29, 1.82) is 0 Å². The molecule has 190 valence electrons. The Morgan fingerprint density at radius 3 is 1.84 bits per heavy atom. The van der Waals surface area contributed by atoms with E-state index in [1.54, 1.807) is 55.6 Å². The fraction of sp³-hybridized carbons (Fsp3) is 0.258. The van der Waals surface area contributed by atoms with Crippen molar-refractivity contribution in [1.82, 2.24) is 0 Å². The Balaban J connectivity index is 1.01. The number of nitrogens with one attached hydrogen (secondary N) is 1. The zero-order valence-electron chi connectivity index (χ0n) is 20.7. The smallest absolute Gasteiger partial charge is 0.255 e. The third-order valence-electron chi connectivity index (χ3n) is 8.46. The maximum Gasteiger partial charge on any atom is 0.255 e. The van der Waals surface area contributed by atoms with Gasteiger partial charge in [0.05, 0.1) is 24.6 Å². The van der Waals surface area contributed by atoms with Crippen molar-refractivity contribution in [3.63, 3.8) is 0 Å². The Kier molecular flexibility index (Phi) is 5.15. The molecule has 3 aromatic carbocycles. The maximum atomic E-state index is 13.3. The fourth-order valence-electron chi connectivity index (χ4n) is 6.56. The minimum atomic E-state index is -0.282. The number of imide groups is 1. The summed E-state index contributed by atoms with van der Waals surface area (Å²) in [6.45, 7) is 0.